The maximum Gasteiger partial charge on any atom is 0.265 e. The standard InChI is InChI=1S/C33H37BrN4O6/c1-18-12-22(34)27(38(4)5)21-13-20-14-32(35-17-37(2)3)15-23-26(31(36-44-23)43-16-19-10-8-7-9-11-19)30(41)33(32,42-6)29(40)25(20)28(39)24(18)21/h7-12,20,25,35H,13-17H2,1-6H3. The molecule has 3 aliphatic carbocycles. The van der Waals surface area contributed by atoms with Gasteiger partial charge in [-0.2, -0.15) is 0 Å². The second-order valence-corrected chi connectivity index (χ2v) is 13.4. The van der Waals surface area contributed by atoms with E-state index >= 15 is 0 Å². The number of benzene rings is 2. The Morgan fingerprint density at radius 1 is 1.11 bits per heavy atom. The van der Waals surface area contributed by atoms with E-state index in [1.54, 1.807) is 0 Å². The molecule has 0 amide bonds. The monoisotopic (exact) mass is 664 g/mol. The summed E-state index contributed by atoms with van der Waals surface area (Å²) in [7, 11) is 9.05. The van der Waals surface area contributed by atoms with Crippen LogP contribution in [0.15, 0.2) is 45.4 Å². The maximum absolute atomic E-state index is 14.9. The summed E-state index contributed by atoms with van der Waals surface area (Å²) in [6.45, 7) is 2.41. The SMILES string of the molecule is COC12C(=O)c3c(OCc4ccccc4)noc3CC1(NCN(C)C)CC1Cc3c(c(C)cc(Br)c3N(C)C)C(=O)C1C2=O. The average molecular weight is 666 g/mol. The summed E-state index contributed by atoms with van der Waals surface area (Å²) in [6.07, 6.45) is 0.992. The highest BCUT2D eigenvalue weighted by molar-refractivity contribution is 9.10. The molecule has 232 valence electrons. The minimum Gasteiger partial charge on any atom is -0.470 e. The molecule has 0 bridgehead atoms. The van der Waals surface area contributed by atoms with Gasteiger partial charge in [0.2, 0.25) is 11.4 Å². The average Bonchev–Trinajstić information content (AvgIpc) is 3.37. The number of Topliss-reactive ketones (excluding diaryl/α,β-unsaturated/α-hetero) is 3. The van der Waals surface area contributed by atoms with E-state index in [-0.39, 0.29) is 36.2 Å². The number of methoxy groups -OCH3 is 1. The largest absolute Gasteiger partial charge is 0.470 e. The quantitative estimate of drug-likeness (QED) is 0.280. The smallest absolute Gasteiger partial charge is 0.265 e. The molecule has 0 saturated heterocycles. The zero-order chi connectivity index (χ0) is 31.6. The molecule has 0 spiro atoms. The molecule has 10 nitrogen and oxygen atoms in total. The number of nitrogens with zero attached hydrogens (tertiary/aromatic N) is 3. The molecular weight excluding hydrogens is 628 g/mol. The van der Waals surface area contributed by atoms with E-state index in [4.69, 9.17) is 14.0 Å². The number of fused-ring (bicyclic) bond motifs is 4. The first kappa shape index (κ1) is 30.6. The number of aromatic nitrogens is 1. The van der Waals surface area contributed by atoms with Crippen molar-refractivity contribution in [2.24, 2.45) is 11.8 Å². The lowest BCUT2D eigenvalue weighted by Gasteiger charge is -2.57. The van der Waals surface area contributed by atoms with E-state index in [0.717, 1.165) is 26.9 Å². The molecule has 11 heteroatoms. The Hall–Kier alpha value is -3.38. The summed E-state index contributed by atoms with van der Waals surface area (Å²) in [5.41, 5.74) is 0.960. The van der Waals surface area contributed by atoms with E-state index in [9.17, 15) is 14.4 Å². The molecule has 1 fully saturated rings. The Morgan fingerprint density at radius 2 is 1.84 bits per heavy atom. The van der Waals surface area contributed by atoms with Crippen molar-refractivity contribution in [2.45, 2.75) is 43.9 Å². The van der Waals surface area contributed by atoms with E-state index in [1.807, 2.05) is 81.3 Å². The van der Waals surface area contributed by atoms with E-state index in [1.165, 1.54) is 7.11 Å². The fraction of sp³-hybridized carbons (Fsp3) is 0.455. The normalized spacial score (nSPS) is 25.8. The molecule has 0 aliphatic heterocycles. The molecule has 4 atom stereocenters. The lowest BCUT2D eigenvalue weighted by molar-refractivity contribution is -0.160. The fourth-order valence-corrected chi connectivity index (χ4v) is 8.52. The van der Waals surface area contributed by atoms with Crippen molar-refractivity contribution >= 4 is 39.0 Å². The molecule has 1 saturated carbocycles. The summed E-state index contributed by atoms with van der Waals surface area (Å²) >= 11 is 3.70. The van der Waals surface area contributed by atoms with Gasteiger partial charge in [0.15, 0.2) is 17.3 Å². The molecule has 3 aromatic rings. The van der Waals surface area contributed by atoms with Crippen LogP contribution in [0.3, 0.4) is 0 Å². The maximum atomic E-state index is 14.9. The minimum absolute atomic E-state index is 0.0121. The predicted molar refractivity (Wildman–Crippen MR) is 167 cm³/mol. The van der Waals surface area contributed by atoms with Gasteiger partial charge in [0.1, 0.15) is 12.2 Å². The Bertz CT molecular complexity index is 1650. The summed E-state index contributed by atoms with van der Waals surface area (Å²) < 4.78 is 18.7. The number of aryl methyl sites for hydroxylation is 1. The third-order valence-corrected chi connectivity index (χ3v) is 9.98. The third kappa shape index (κ3) is 4.47. The number of hydrogen-bond acceptors (Lipinski definition) is 10. The van der Waals surface area contributed by atoms with Crippen molar-refractivity contribution in [3.63, 3.8) is 0 Å². The first-order valence-electron chi connectivity index (χ1n) is 14.7. The molecule has 0 radical (unpaired) electrons. The van der Waals surface area contributed by atoms with Gasteiger partial charge >= 0.3 is 0 Å². The van der Waals surface area contributed by atoms with Crippen LogP contribution in [-0.2, 0) is 29.0 Å². The summed E-state index contributed by atoms with van der Waals surface area (Å²) in [6, 6.07) is 11.4. The lowest BCUT2D eigenvalue weighted by Crippen LogP contribution is -2.79. The van der Waals surface area contributed by atoms with Gasteiger partial charge < -0.3 is 18.9 Å². The van der Waals surface area contributed by atoms with Crippen LogP contribution in [0.4, 0.5) is 5.69 Å². The Kier molecular flexibility index (Phi) is 7.80. The lowest BCUT2D eigenvalue weighted by atomic mass is 9.51. The first-order chi connectivity index (χ1) is 21.0. The van der Waals surface area contributed by atoms with Crippen molar-refractivity contribution < 1.29 is 28.4 Å². The van der Waals surface area contributed by atoms with Crippen molar-refractivity contribution in [3.8, 4) is 5.88 Å². The Morgan fingerprint density at radius 3 is 2.50 bits per heavy atom. The van der Waals surface area contributed by atoms with Crippen molar-refractivity contribution in [1.82, 2.24) is 15.4 Å². The molecule has 3 aliphatic rings. The van der Waals surface area contributed by atoms with Gasteiger partial charge in [0.25, 0.3) is 5.88 Å². The molecule has 1 N–H and O–H groups in total. The molecule has 1 heterocycles. The zero-order valence-electron chi connectivity index (χ0n) is 25.8. The zero-order valence-corrected chi connectivity index (χ0v) is 27.4. The molecule has 1 aromatic heterocycles. The number of ketones is 3. The number of hydrogen-bond donors (Lipinski definition) is 1. The first-order valence-corrected chi connectivity index (χ1v) is 15.5. The van der Waals surface area contributed by atoms with Crippen molar-refractivity contribution in [3.05, 3.63) is 74.4 Å². The van der Waals surface area contributed by atoms with Gasteiger partial charge in [-0.25, -0.2) is 0 Å². The van der Waals surface area contributed by atoms with Gasteiger partial charge in [-0.1, -0.05) is 30.3 Å². The molecular formula is C33H37BrN4O6. The van der Waals surface area contributed by atoms with E-state index in [0.29, 0.717) is 30.8 Å². The van der Waals surface area contributed by atoms with Crippen LogP contribution in [0.1, 0.15) is 49.6 Å². The van der Waals surface area contributed by atoms with Gasteiger partial charge in [-0.3, -0.25) is 24.6 Å². The molecule has 44 heavy (non-hydrogen) atoms. The summed E-state index contributed by atoms with van der Waals surface area (Å²) in [5.74, 6) is -2.45. The molecule has 6 rings (SSSR count). The number of halogens is 1. The highest BCUT2D eigenvalue weighted by atomic mass is 79.9. The van der Waals surface area contributed by atoms with Crippen molar-refractivity contribution in [2.75, 3.05) is 46.9 Å². The van der Waals surface area contributed by atoms with E-state index < -0.39 is 28.6 Å². The number of nitrogens with one attached hydrogen (secondary N) is 1. The Balaban J connectivity index is 1.48. The van der Waals surface area contributed by atoms with Crippen LogP contribution in [0.2, 0.25) is 0 Å². The number of carbonyl (C=O) groups is 3. The number of carbonyl (C=O) groups excluding carboxylic acids is 3. The van der Waals surface area contributed by atoms with Crippen molar-refractivity contribution in [1.29, 1.82) is 0 Å². The fourth-order valence-electron chi connectivity index (χ4n) is 7.58. The Labute approximate surface area is 265 Å². The number of ether oxygens (including phenoxy) is 2. The van der Waals surface area contributed by atoms with Crippen LogP contribution in [0.5, 0.6) is 5.88 Å². The van der Waals surface area contributed by atoms with Gasteiger partial charge in [-0.05, 0) is 83.6 Å². The van der Waals surface area contributed by atoms with Crippen LogP contribution < -0.4 is 15.0 Å². The predicted octanol–water partition coefficient (Wildman–Crippen LogP) is 4.01. The van der Waals surface area contributed by atoms with Gasteiger partial charge in [-0.15, -0.1) is 0 Å². The minimum atomic E-state index is -1.99. The van der Waals surface area contributed by atoms with Gasteiger partial charge in [0.05, 0.1) is 17.1 Å². The summed E-state index contributed by atoms with van der Waals surface area (Å²) in [5, 5.41) is 7.66. The molecule has 4 unspecified atom stereocenters. The topological polar surface area (TPSA) is 114 Å². The molecule has 2 aromatic carbocycles. The number of anilines is 1. The van der Waals surface area contributed by atoms with Crippen LogP contribution in [0, 0.1) is 18.8 Å². The third-order valence-electron chi connectivity index (χ3n) is 9.38. The van der Waals surface area contributed by atoms with Crippen LogP contribution in [0.25, 0.3) is 0 Å². The number of rotatable bonds is 8. The highest BCUT2D eigenvalue weighted by Crippen LogP contribution is 2.55. The van der Waals surface area contributed by atoms with E-state index in [2.05, 4.69) is 26.4 Å². The second kappa shape index (κ2) is 11.2. The van der Waals surface area contributed by atoms with Crippen LogP contribution >= 0.6 is 15.9 Å². The van der Waals surface area contributed by atoms with Crippen LogP contribution in [-0.4, -0.2) is 80.5 Å². The summed E-state index contributed by atoms with van der Waals surface area (Å²) in [4.78, 5) is 48.0. The highest BCUT2D eigenvalue weighted by Gasteiger charge is 2.72. The van der Waals surface area contributed by atoms with Gasteiger partial charge in [0, 0.05) is 44.3 Å². The second-order valence-electron chi connectivity index (χ2n) is 12.6.